The van der Waals surface area contributed by atoms with Crippen LogP contribution in [0.4, 0.5) is 0 Å². The summed E-state index contributed by atoms with van der Waals surface area (Å²) < 4.78 is 5.33. The Hall–Kier alpha value is -1.59. The Bertz CT molecular complexity index is 657. The number of ether oxygens (including phenoxy) is 1. The van der Waals surface area contributed by atoms with Crippen molar-refractivity contribution in [3.05, 3.63) is 11.6 Å². The van der Waals surface area contributed by atoms with E-state index in [1.807, 2.05) is 13.8 Å². The molecule has 2 rings (SSSR count). The van der Waals surface area contributed by atoms with Crippen molar-refractivity contribution < 1.29 is 19.7 Å². The highest BCUT2D eigenvalue weighted by Crippen LogP contribution is 2.49. The second-order valence-corrected chi connectivity index (χ2v) is 7.86. The van der Waals surface area contributed by atoms with Gasteiger partial charge in [0.05, 0.1) is 12.7 Å². The first-order valence-electron chi connectivity index (χ1n) is 10.00. The number of fused-ring (bicyclic) bond motifs is 1. The van der Waals surface area contributed by atoms with Crippen LogP contribution in [0.3, 0.4) is 0 Å². The fraction of sp³-hybridized carbons (Fsp3) is 0.696. The highest BCUT2D eigenvalue weighted by atomic mass is 16.5. The molecule has 0 radical (unpaired) electrons. The molecule has 0 heterocycles. The lowest BCUT2D eigenvalue weighted by atomic mass is 9.91. The van der Waals surface area contributed by atoms with E-state index in [4.69, 9.17) is 4.74 Å². The lowest BCUT2D eigenvalue weighted by Gasteiger charge is -2.16. The first kappa shape index (κ1) is 21.7. The third-order valence-corrected chi connectivity index (χ3v) is 5.51. The summed E-state index contributed by atoms with van der Waals surface area (Å²) in [6, 6.07) is 0. The molecule has 4 nitrogen and oxygen atoms in total. The van der Waals surface area contributed by atoms with Crippen LogP contribution in [-0.2, 0) is 9.53 Å². The topological polar surface area (TPSA) is 66.8 Å². The zero-order valence-corrected chi connectivity index (χ0v) is 16.7. The van der Waals surface area contributed by atoms with Gasteiger partial charge in [0.2, 0.25) is 0 Å². The van der Waals surface area contributed by atoms with Gasteiger partial charge in [-0.3, -0.25) is 4.79 Å². The zero-order valence-electron chi connectivity index (χ0n) is 16.7. The summed E-state index contributed by atoms with van der Waals surface area (Å²) in [5.41, 5.74) is 1.33. The van der Waals surface area contributed by atoms with Crippen LogP contribution in [0.15, 0.2) is 11.6 Å². The molecular formula is C23H32O4. The fourth-order valence-electron chi connectivity index (χ4n) is 4.00. The van der Waals surface area contributed by atoms with Gasteiger partial charge in [-0.05, 0) is 38.0 Å². The molecule has 0 aromatic heterocycles. The van der Waals surface area contributed by atoms with Crippen LogP contribution < -0.4 is 0 Å². The number of aliphatic hydroxyl groups is 2. The van der Waals surface area contributed by atoms with Crippen molar-refractivity contribution in [1.82, 2.24) is 0 Å². The minimum Gasteiger partial charge on any atom is -0.392 e. The maximum absolute atomic E-state index is 10.9. The summed E-state index contributed by atoms with van der Waals surface area (Å²) in [6.45, 7) is 6.09. The van der Waals surface area contributed by atoms with Crippen molar-refractivity contribution in [3.8, 4) is 23.7 Å². The van der Waals surface area contributed by atoms with Crippen LogP contribution in [0.25, 0.3) is 0 Å². The highest BCUT2D eigenvalue weighted by Gasteiger charge is 2.45. The maximum Gasteiger partial charge on any atom is 0.155 e. The molecule has 0 spiro atoms. The molecule has 27 heavy (non-hydrogen) atoms. The molecule has 0 aromatic rings. The molecule has 1 unspecified atom stereocenters. The molecule has 2 aliphatic carbocycles. The summed E-state index contributed by atoms with van der Waals surface area (Å²) in [5, 5.41) is 20.7. The summed E-state index contributed by atoms with van der Waals surface area (Å²) in [7, 11) is 0. The van der Waals surface area contributed by atoms with Crippen LogP contribution in [-0.4, -0.2) is 41.4 Å². The van der Waals surface area contributed by atoms with E-state index >= 15 is 0 Å². The number of ketones is 1. The van der Waals surface area contributed by atoms with Gasteiger partial charge >= 0.3 is 0 Å². The van der Waals surface area contributed by atoms with E-state index in [9.17, 15) is 15.0 Å². The smallest absolute Gasteiger partial charge is 0.155 e. The molecule has 2 N–H and O–H groups in total. The number of hydrogen-bond acceptors (Lipinski definition) is 4. The van der Waals surface area contributed by atoms with Crippen molar-refractivity contribution in [2.24, 2.45) is 23.7 Å². The standard InChI is InChI=1S/C23H32O4/c1-4-5-6-7-16(2)22(25)9-8-20-21-13-18(10-11-27-15-17(3)24)12-19(21)14-23(20)26/h10,16,19-23,25-26H,4,7,11-15H2,1-3H3/b18-10+/t16-,19?,20+,21-,22+,23+/m0/s1. The van der Waals surface area contributed by atoms with E-state index in [2.05, 4.69) is 29.8 Å². The van der Waals surface area contributed by atoms with Crippen molar-refractivity contribution in [1.29, 1.82) is 0 Å². The molecule has 0 amide bonds. The molecule has 4 heteroatoms. The number of aliphatic hydroxyl groups excluding tert-OH is 2. The van der Waals surface area contributed by atoms with E-state index in [1.165, 1.54) is 12.5 Å². The summed E-state index contributed by atoms with van der Waals surface area (Å²) in [5.74, 6) is 13.0. The molecule has 148 valence electrons. The van der Waals surface area contributed by atoms with Crippen molar-refractivity contribution in [3.63, 3.8) is 0 Å². The van der Waals surface area contributed by atoms with Crippen LogP contribution in [0.1, 0.15) is 52.9 Å². The second kappa shape index (κ2) is 10.7. The lowest BCUT2D eigenvalue weighted by Crippen LogP contribution is -2.19. The van der Waals surface area contributed by atoms with E-state index in [1.54, 1.807) is 0 Å². The number of carbonyl (C=O) groups excluding carboxylic acids is 1. The number of Topliss-reactive ketones (excluding diaryl/α,β-unsaturated/α-hetero) is 1. The lowest BCUT2D eigenvalue weighted by molar-refractivity contribution is -0.121. The van der Waals surface area contributed by atoms with Crippen molar-refractivity contribution in [2.45, 2.75) is 65.1 Å². The van der Waals surface area contributed by atoms with E-state index < -0.39 is 12.2 Å². The first-order valence-corrected chi connectivity index (χ1v) is 10.00. The third-order valence-electron chi connectivity index (χ3n) is 5.51. The summed E-state index contributed by atoms with van der Waals surface area (Å²) in [6.07, 6.45) is 5.05. The largest absolute Gasteiger partial charge is 0.392 e. The molecule has 6 atom stereocenters. The molecule has 0 aliphatic heterocycles. The maximum atomic E-state index is 10.9. The van der Waals surface area contributed by atoms with Gasteiger partial charge in [-0.2, -0.15) is 0 Å². The van der Waals surface area contributed by atoms with Gasteiger partial charge in [0.25, 0.3) is 0 Å². The minimum absolute atomic E-state index is 0.00310. The van der Waals surface area contributed by atoms with Crippen LogP contribution in [0, 0.1) is 47.4 Å². The second-order valence-electron chi connectivity index (χ2n) is 7.86. The van der Waals surface area contributed by atoms with E-state index in [0.29, 0.717) is 24.9 Å². The van der Waals surface area contributed by atoms with E-state index in [0.717, 1.165) is 25.7 Å². The summed E-state index contributed by atoms with van der Waals surface area (Å²) in [4.78, 5) is 10.9. The Balaban J connectivity index is 1.91. The SMILES string of the molecule is CCC#CC[C@H](C)[C@H](O)C#C[C@H]1[C@H](O)CC2C/C(=C\COCC(C)=O)C[C@@H]21. The third kappa shape index (κ3) is 6.51. The Morgan fingerprint density at radius 2 is 2.15 bits per heavy atom. The Kier molecular flexibility index (Phi) is 8.58. The highest BCUT2D eigenvalue weighted by molar-refractivity contribution is 5.76. The van der Waals surface area contributed by atoms with Gasteiger partial charge in [-0.1, -0.05) is 37.3 Å². The normalized spacial score (nSPS) is 30.0. The molecule has 2 aliphatic rings. The van der Waals surface area contributed by atoms with Crippen LogP contribution in [0.2, 0.25) is 0 Å². The van der Waals surface area contributed by atoms with Crippen LogP contribution in [0.5, 0.6) is 0 Å². The quantitative estimate of drug-likeness (QED) is 0.427. The Morgan fingerprint density at radius 3 is 2.85 bits per heavy atom. The van der Waals surface area contributed by atoms with Crippen LogP contribution >= 0.6 is 0 Å². The zero-order chi connectivity index (χ0) is 19.8. The van der Waals surface area contributed by atoms with Gasteiger partial charge in [0.1, 0.15) is 12.7 Å². The van der Waals surface area contributed by atoms with Gasteiger partial charge < -0.3 is 14.9 Å². The van der Waals surface area contributed by atoms with Gasteiger partial charge in [0.15, 0.2) is 5.78 Å². The molecule has 0 aromatic carbocycles. The predicted octanol–water partition coefficient (Wildman–Crippen LogP) is 2.73. The van der Waals surface area contributed by atoms with Gasteiger partial charge in [0, 0.05) is 24.7 Å². The molecule has 2 saturated carbocycles. The molecular weight excluding hydrogens is 340 g/mol. The van der Waals surface area contributed by atoms with Gasteiger partial charge in [-0.25, -0.2) is 0 Å². The molecule has 0 saturated heterocycles. The molecule has 2 fully saturated rings. The average Bonchev–Trinajstić information content (AvgIpc) is 3.13. The number of hydrogen-bond donors (Lipinski definition) is 2. The Labute approximate surface area is 163 Å². The Morgan fingerprint density at radius 1 is 1.37 bits per heavy atom. The van der Waals surface area contributed by atoms with Gasteiger partial charge in [-0.15, -0.1) is 11.8 Å². The number of carbonyl (C=O) groups is 1. The number of allylic oxidation sites excluding steroid dienone is 1. The monoisotopic (exact) mass is 372 g/mol. The summed E-state index contributed by atoms with van der Waals surface area (Å²) >= 11 is 0. The fourth-order valence-corrected chi connectivity index (χ4v) is 4.00. The molecule has 0 bridgehead atoms. The van der Waals surface area contributed by atoms with E-state index in [-0.39, 0.29) is 24.2 Å². The average molecular weight is 373 g/mol. The minimum atomic E-state index is -0.709. The van der Waals surface area contributed by atoms with Crippen molar-refractivity contribution >= 4 is 5.78 Å². The number of rotatable bonds is 6. The predicted molar refractivity (Wildman–Crippen MR) is 106 cm³/mol. The first-order chi connectivity index (χ1) is 12.9. The van der Waals surface area contributed by atoms with Crippen molar-refractivity contribution in [2.75, 3.05) is 13.2 Å².